The van der Waals surface area contributed by atoms with Gasteiger partial charge in [-0.3, -0.25) is 9.59 Å². The van der Waals surface area contributed by atoms with E-state index in [4.69, 9.17) is 4.74 Å². The van der Waals surface area contributed by atoms with Gasteiger partial charge in [0.1, 0.15) is 18.2 Å². The fourth-order valence-electron chi connectivity index (χ4n) is 3.07. The molecule has 0 spiro atoms. The number of ether oxygens (including phenoxy) is 1. The van der Waals surface area contributed by atoms with Crippen LogP contribution in [-0.4, -0.2) is 47.7 Å². The third-order valence-electron chi connectivity index (χ3n) is 4.39. The number of amides is 2. The molecule has 0 unspecified atom stereocenters. The van der Waals surface area contributed by atoms with Gasteiger partial charge in [0.15, 0.2) is 5.78 Å². The van der Waals surface area contributed by atoms with Gasteiger partial charge in [0.05, 0.1) is 0 Å². The second-order valence-corrected chi connectivity index (χ2v) is 6.79. The summed E-state index contributed by atoms with van der Waals surface area (Å²) in [5, 5.41) is 0. The molecule has 1 aliphatic rings. The molecule has 3 rings (SSSR count). The molecule has 2 aromatic rings. The molecule has 0 saturated carbocycles. The van der Waals surface area contributed by atoms with Crippen molar-refractivity contribution in [1.29, 1.82) is 0 Å². The summed E-state index contributed by atoms with van der Waals surface area (Å²) >= 11 is 0. The summed E-state index contributed by atoms with van der Waals surface area (Å²) in [6.45, 7) is 0.0302. The number of hydrogen-bond acceptors (Lipinski definition) is 5. The second-order valence-electron chi connectivity index (χ2n) is 6.79. The average Bonchev–Trinajstić information content (AvgIpc) is 2.92. The van der Waals surface area contributed by atoms with E-state index in [9.17, 15) is 14.4 Å². The molecule has 1 atom stereocenters. The van der Waals surface area contributed by atoms with Crippen LogP contribution in [0.3, 0.4) is 0 Å². The number of rotatable bonds is 5. The van der Waals surface area contributed by atoms with Crippen molar-refractivity contribution in [3.8, 4) is 0 Å². The molecule has 1 aliphatic heterocycles. The van der Waals surface area contributed by atoms with Gasteiger partial charge in [-0.1, -0.05) is 60.7 Å². The fourth-order valence-corrected chi connectivity index (χ4v) is 3.07. The van der Waals surface area contributed by atoms with E-state index >= 15 is 0 Å². The summed E-state index contributed by atoms with van der Waals surface area (Å²) < 4.78 is 5.33. The van der Waals surface area contributed by atoms with E-state index in [0.29, 0.717) is 0 Å². The number of hydrogen-bond donors (Lipinski definition) is 0. The van der Waals surface area contributed by atoms with E-state index < -0.39 is 18.0 Å². The summed E-state index contributed by atoms with van der Waals surface area (Å²) in [7, 11) is 3.44. The van der Waals surface area contributed by atoms with Crippen LogP contribution in [0.25, 0.3) is 0 Å². The molecule has 1 fully saturated rings. The van der Waals surface area contributed by atoms with E-state index in [1.54, 1.807) is 19.0 Å². The minimum Gasteiger partial charge on any atom is -0.444 e. The van der Waals surface area contributed by atoms with Crippen molar-refractivity contribution in [1.82, 2.24) is 9.80 Å². The first-order valence-corrected chi connectivity index (χ1v) is 8.98. The van der Waals surface area contributed by atoms with E-state index in [2.05, 4.69) is 0 Å². The van der Waals surface area contributed by atoms with E-state index in [-0.39, 0.29) is 24.4 Å². The topological polar surface area (TPSA) is 66.9 Å². The summed E-state index contributed by atoms with van der Waals surface area (Å²) in [4.78, 5) is 40.9. The molecular weight excluding hydrogens is 356 g/mol. The number of imide groups is 1. The quantitative estimate of drug-likeness (QED) is 0.591. The third kappa shape index (κ3) is 4.28. The van der Waals surface area contributed by atoms with E-state index in [0.717, 1.165) is 16.0 Å². The minimum absolute atomic E-state index is 0.0115. The summed E-state index contributed by atoms with van der Waals surface area (Å²) in [6.07, 6.45) is 0.884. The van der Waals surface area contributed by atoms with Gasteiger partial charge in [0, 0.05) is 26.7 Å². The molecule has 28 heavy (non-hydrogen) atoms. The predicted octanol–water partition coefficient (Wildman–Crippen LogP) is 2.79. The van der Waals surface area contributed by atoms with Crippen LogP contribution in [0, 0.1) is 0 Å². The van der Waals surface area contributed by atoms with Crippen molar-refractivity contribution in [3.05, 3.63) is 83.6 Å². The molecular formula is C22H22N2O4. The highest BCUT2D eigenvalue weighted by Crippen LogP contribution is 2.25. The zero-order valence-electron chi connectivity index (χ0n) is 15.9. The Hall–Kier alpha value is -3.41. The molecule has 0 N–H and O–H groups in total. The van der Waals surface area contributed by atoms with E-state index in [1.165, 1.54) is 6.20 Å². The highest BCUT2D eigenvalue weighted by atomic mass is 16.6. The van der Waals surface area contributed by atoms with Gasteiger partial charge in [-0.25, -0.2) is 9.69 Å². The Morgan fingerprint density at radius 3 is 2.14 bits per heavy atom. The average molecular weight is 378 g/mol. The van der Waals surface area contributed by atoms with Crippen LogP contribution >= 0.6 is 0 Å². The number of benzene rings is 2. The standard InChI is InChI=1S/C22H22N2O4/c1-23(2)14-18-20(25)19(13-16-9-5-3-6-10-16)24(21(18)26)22(27)28-15-17-11-7-4-8-12-17/h3-12,14,19H,13,15H2,1-2H3/b18-14+/t19-/m0/s1. The molecule has 0 aromatic heterocycles. The van der Waals surface area contributed by atoms with Gasteiger partial charge in [0.25, 0.3) is 5.91 Å². The van der Waals surface area contributed by atoms with Crippen molar-refractivity contribution < 1.29 is 19.1 Å². The molecule has 6 heteroatoms. The van der Waals surface area contributed by atoms with E-state index in [1.807, 2.05) is 60.7 Å². The van der Waals surface area contributed by atoms with Gasteiger partial charge in [-0.15, -0.1) is 0 Å². The second kappa shape index (κ2) is 8.52. The lowest BCUT2D eigenvalue weighted by Gasteiger charge is -2.20. The lowest BCUT2D eigenvalue weighted by molar-refractivity contribution is -0.125. The van der Waals surface area contributed by atoms with Crippen LogP contribution < -0.4 is 0 Å². The van der Waals surface area contributed by atoms with Crippen LogP contribution in [-0.2, 0) is 27.4 Å². The monoisotopic (exact) mass is 378 g/mol. The largest absolute Gasteiger partial charge is 0.444 e. The van der Waals surface area contributed by atoms with Crippen LogP contribution in [0.2, 0.25) is 0 Å². The first-order chi connectivity index (χ1) is 13.5. The first kappa shape index (κ1) is 19.4. The highest BCUT2D eigenvalue weighted by molar-refractivity contribution is 6.29. The molecule has 144 valence electrons. The fraction of sp³-hybridized carbons (Fsp3) is 0.227. The van der Waals surface area contributed by atoms with Gasteiger partial charge in [-0.05, 0) is 11.1 Å². The Morgan fingerprint density at radius 1 is 1.00 bits per heavy atom. The zero-order chi connectivity index (χ0) is 20.1. The van der Waals surface area contributed by atoms with Crippen molar-refractivity contribution in [2.45, 2.75) is 19.1 Å². The molecule has 6 nitrogen and oxygen atoms in total. The maximum absolute atomic E-state index is 12.9. The molecule has 1 heterocycles. The lowest BCUT2D eigenvalue weighted by atomic mass is 10.0. The number of carbonyl (C=O) groups is 3. The molecule has 0 aliphatic carbocycles. The van der Waals surface area contributed by atoms with Crippen LogP contribution in [0.15, 0.2) is 72.4 Å². The van der Waals surface area contributed by atoms with Crippen LogP contribution in [0.5, 0.6) is 0 Å². The Bertz CT molecular complexity index is 891. The molecule has 0 bridgehead atoms. The summed E-state index contributed by atoms with van der Waals surface area (Å²) in [5.74, 6) is -1.00. The Balaban J connectivity index is 1.84. The van der Waals surface area contributed by atoms with Gasteiger partial charge in [0.2, 0.25) is 0 Å². The van der Waals surface area contributed by atoms with Crippen LogP contribution in [0.4, 0.5) is 4.79 Å². The molecule has 0 radical (unpaired) electrons. The van der Waals surface area contributed by atoms with Gasteiger partial charge < -0.3 is 9.64 Å². The predicted molar refractivity (Wildman–Crippen MR) is 104 cm³/mol. The summed E-state index contributed by atoms with van der Waals surface area (Å²) in [6, 6.07) is 17.6. The van der Waals surface area contributed by atoms with Crippen molar-refractivity contribution in [3.63, 3.8) is 0 Å². The Kier molecular flexibility index (Phi) is 5.89. The molecule has 1 saturated heterocycles. The van der Waals surface area contributed by atoms with Gasteiger partial charge >= 0.3 is 6.09 Å². The van der Waals surface area contributed by atoms with Gasteiger partial charge in [-0.2, -0.15) is 0 Å². The SMILES string of the molecule is CN(C)/C=C1\C(=O)[C@H](Cc2ccccc2)N(C(=O)OCc2ccccc2)C1=O. The summed E-state index contributed by atoms with van der Waals surface area (Å²) in [5.41, 5.74) is 1.65. The normalized spacial score (nSPS) is 17.9. The smallest absolute Gasteiger partial charge is 0.417 e. The maximum atomic E-state index is 12.9. The number of Topliss-reactive ketones (excluding diaryl/α,β-unsaturated/α-hetero) is 1. The lowest BCUT2D eigenvalue weighted by Crippen LogP contribution is -2.42. The molecule has 2 amide bonds. The highest BCUT2D eigenvalue weighted by Gasteiger charge is 2.47. The number of ketones is 1. The first-order valence-electron chi connectivity index (χ1n) is 8.98. The van der Waals surface area contributed by atoms with Crippen LogP contribution in [0.1, 0.15) is 11.1 Å². The van der Waals surface area contributed by atoms with Crippen molar-refractivity contribution in [2.75, 3.05) is 14.1 Å². The number of likely N-dealkylation sites (tertiary alicyclic amines) is 1. The Labute approximate surface area is 164 Å². The number of carbonyl (C=O) groups excluding carboxylic acids is 3. The zero-order valence-corrected chi connectivity index (χ0v) is 15.9. The third-order valence-corrected chi connectivity index (χ3v) is 4.39. The van der Waals surface area contributed by atoms with Crippen molar-refractivity contribution in [2.24, 2.45) is 0 Å². The number of nitrogens with zero attached hydrogens (tertiary/aromatic N) is 2. The molecule has 2 aromatic carbocycles. The van der Waals surface area contributed by atoms with Crippen molar-refractivity contribution >= 4 is 17.8 Å². The minimum atomic E-state index is -0.913. The Morgan fingerprint density at radius 2 is 1.57 bits per heavy atom. The maximum Gasteiger partial charge on any atom is 0.417 e.